The van der Waals surface area contributed by atoms with E-state index in [2.05, 4.69) is 56.1 Å². The fourth-order valence-corrected chi connectivity index (χ4v) is 6.20. The van der Waals surface area contributed by atoms with Crippen LogP contribution in [0, 0.1) is 31.4 Å². The highest BCUT2D eigenvalue weighted by Gasteiger charge is 2.39. The standard InChI is InChI=1S/C34H43F2N3O.C2HF3O2/c1-5-38(6-2)17-16-33(40)39-18-15-32(37-22-26-20-24(3)19-25(4)21-26)31(23-39)34(27-7-11-29(35)12-8-27)28-9-13-30(36)14-10-28;3-2(4,5)1(6)7/h7-14,19-21,31-32,34,37H,5-6,15-18,22-23H2,1-4H3;(H,6,7)/t31-,32+;/m1./s1. The Hall–Kier alpha value is -3.83. The molecule has 0 saturated carbocycles. The number of hydrogen-bond donors (Lipinski definition) is 2. The van der Waals surface area contributed by atoms with Crippen LogP contribution in [0.1, 0.15) is 60.4 Å². The number of benzene rings is 3. The van der Waals surface area contributed by atoms with Crippen molar-refractivity contribution in [1.82, 2.24) is 15.1 Å². The summed E-state index contributed by atoms with van der Waals surface area (Å²) in [7, 11) is 0. The van der Waals surface area contributed by atoms with Gasteiger partial charge in [0, 0.05) is 50.5 Å². The molecule has 0 aliphatic carbocycles. The Morgan fingerprint density at radius 2 is 1.40 bits per heavy atom. The van der Waals surface area contributed by atoms with Gasteiger partial charge in [0.05, 0.1) is 0 Å². The minimum Gasteiger partial charge on any atom is -0.475 e. The third-order valence-corrected chi connectivity index (χ3v) is 8.53. The molecule has 1 fully saturated rings. The molecule has 3 aromatic rings. The van der Waals surface area contributed by atoms with Crippen LogP contribution in [0.15, 0.2) is 66.7 Å². The zero-order chi connectivity index (χ0) is 34.7. The monoisotopic (exact) mass is 661 g/mol. The summed E-state index contributed by atoms with van der Waals surface area (Å²) < 4.78 is 59.6. The number of carboxylic acid groups (broad SMARTS) is 1. The summed E-state index contributed by atoms with van der Waals surface area (Å²) in [6.07, 6.45) is -3.78. The van der Waals surface area contributed by atoms with Crippen LogP contribution in [0.5, 0.6) is 0 Å². The molecule has 1 aliphatic heterocycles. The van der Waals surface area contributed by atoms with Gasteiger partial charge < -0.3 is 20.2 Å². The number of halogens is 5. The smallest absolute Gasteiger partial charge is 0.475 e. The van der Waals surface area contributed by atoms with Crippen LogP contribution < -0.4 is 5.32 Å². The highest BCUT2D eigenvalue weighted by molar-refractivity contribution is 5.76. The van der Waals surface area contributed by atoms with E-state index in [4.69, 9.17) is 9.90 Å². The van der Waals surface area contributed by atoms with Crippen molar-refractivity contribution in [1.29, 1.82) is 0 Å². The Morgan fingerprint density at radius 3 is 1.85 bits per heavy atom. The number of amides is 1. The Balaban J connectivity index is 0.000000771. The van der Waals surface area contributed by atoms with Crippen molar-refractivity contribution < 1.29 is 36.6 Å². The quantitative estimate of drug-likeness (QED) is 0.215. The third kappa shape index (κ3) is 11.4. The topological polar surface area (TPSA) is 72.9 Å². The van der Waals surface area contributed by atoms with E-state index in [0.29, 0.717) is 19.5 Å². The largest absolute Gasteiger partial charge is 0.490 e. The van der Waals surface area contributed by atoms with Gasteiger partial charge in [-0.05, 0) is 74.3 Å². The van der Waals surface area contributed by atoms with Gasteiger partial charge in [0.25, 0.3) is 0 Å². The summed E-state index contributed by atoms with van der Waals surface area (Å²) in [5.74, 6) is -3.27. The Bertz CT molecular complexity index is 1380. The lowest BCUT2D eigenvalue weighted by Gasteiger charge is -2.43. The van der Waals surface area contributed by atoms with Crippen molar-refractivity contribution in [2.75, 3.05) is 32.7 Å². The first kappa shape index (κ1) is 37.6. The Labute approximate surface area is 273 Å². The van der Waals surface area contributed by atoms with Gasteiger partial charge >= 0.3 is 12.1 Å². The fraction of sp³-hybridized carbons (Fsp3) is 0.444. The fourth-order valence-electron chi connectivity index (χ4n) is 6.20. The summed E-state index contributed by atoms with van der Waals surface area (Å²) >= 11 is 0. The lowest BCUT2D eigenvalue weighted by molar-refractivity contribution is -0.192. The van der Waals surface area contributed by atoms with Crippen LogP contribution in [0.4, 0.5) is 22.0 Å². The minimum absolute atomic E-state index is 0.0213. The van der Waals surface area contributed by atoms with Crippen molar-refractivity contribution in [2.45, 2.75) is 65.2 Å². The van der Waals surface area contributed by atoms with E-state index in [-0.39, 0.29) is 35.4 Å². The van der Waals surface area contributed by atoms with Gasteiger partial charge in [0.15, 0.2) is 0 Å². The molecule has 11 heteroatoms. The molecule has 1 aliphatic rings. The minimum atomic E-state index is -5.08. The number of nitrogens with one attached hydrogen (secondary N) is 1. The lowest BCUT2D eigenvalue weighted by atomic mass is 9.74. The van der Waals surface area contributed by atoms with Crippen LogP contribution >= 0.6 is 0 Å². The zero-order valence-corrected chi connectivity index (χ0v) is 27.3. The number of carboxylic acids is 1. The molecule has 0 spiro atoms. The van der Waals surface area contributed by atoms with E-state index in [1.165, 1.54) is 41.0 Å². The predicted octanol–water partition coefficient (Wildman–Crippen LogP) is 7.09. The SMILES string of the molecule is CCN(CC)CCC(=O)N1CC[C@H](NCc2cc(C)cc(C)c2)[C@H](C(c2ccc(F)cc2)c2ccc(F)cc2)C1.O=C(O)C(F)(F)F. The van der Waals surface area contributed by atoms with Crippen LogP contribution in [-0.4, -0.2) is 71.7 Å². The number of hydrogen-bond acceptors (Lipinski definition) is 4. The predicted molar refractivity (Wildman–Crippen MR) is 172 cm³/mol. The van der Waals surface area contributed by atoms with E-state index in [9.17, 15) is 26.7 Å². The van der Waals surface area contributed by atoms with Crippen molar-refractivity contribution in [3.63, 3.8) is 0 Å². The van der Waals surface area contributed by atoms with E-state index in [0.717, 1.165) is 43.7 Å². The van der Waals surface area contributed by atoms with Crippen molar-refractivity contribution in [2.24, 2.45) is 5.92 Å². The molecule has 0 aromatic heterocycles. The maximum Gasteiger partial charge on any atom is 0.490 e. The summed E-state index contributed by atoms with van der Waals surface area (Å²) in [5.41, 5.74) is 5.63. The highest BCUT2D eigenvalue weighted by atomic mass is 19.4. The normalized spacial score (nSPS) is 16.6. The molecular formula is C36H44F5N3O3. The van der Waals surface area contributed by atoms with E-state index < -0.39 is 12.1 Å². The number of alkyl halides is 3. The molecule has 2 N–H and O–H groups in total. The number of aliphatic carboxylic acids is 1. The first-order valence-electron chi connectivity index (χ1n) is 15.8. The van der Waals surface area contributed by atoms with Gasteiger partial charge in [-0.3, -0.25) is 4.79 Å². The molecule has 256 valence electrons. The summed E-state index contributed by atoms with van der Waals surface area (Å²) in [6, 6.07) is 19.9. The van der Waals surface area contributed by atoms with Gasteiger partial charge in [0.1, 0.15) is 11.6 Å². The van der Waals surface area contributed by atoms with E-state index in [1.54, 1.807) is 0 Å². The van der Waals surface area contributed by atoms with Gasteiger partial charge in [-0.15, -0.1) is 0 Å². The Kier molecular flexibility index (Phi) is 13.9. The summed E-state index contributed by atoms with van der Waals surface area (Å²) in [6.45, 7) is 13.1. The first-order valence-corrected chi connectivity index (χ1v) is 15.8. The third-order valence-electron chi connectivity index (χ3n) is 8.53. The van der Waals surface area contributed by atoms with Crippen LogP contribution in [0.25, 0.3) is 0 Å². The Morgan fingerprint density at radius 1 is 0.915 bits per heavy atom. The summed E-state index contributed by atoms with van der Waals surface area (Å²) in [4.78, 5) is 26.6. The molecule has 1 heterocycles. The molecule has 0 unspecified atom stereocenters. The van der Waals surface area contributed by atoms with Crippen LogP contribution in [0.3, 0.4) is 0 Å². The van der Waals surface area contributed by atoms with Crippen molar-refractivity contribution >= 4 is 11.9 Å². The molecule has 6 nitrogen and oxygen atoms in total. The second-order valence-corrected chi connectivity index (χ2v) is 11.9. The van der Waals surface area contributed by atoms with Crippen molar-refractivity contribution in [3.05, 3.63) is 106 Å². The molecule has 4 rings (SSSR count). The number of likely N-dealkylation sites (tertiary alicyclic amines) is 1. The second kappa shape index (κ2) is 17.4. The first-order chi connectivity index (χ1) is 22.2. The van der Waals surface area contributed by atoms with Gasteiger partial charge in [-0.25, -0.2) is 13.6 Å². The molecule has 1 amide bonds. The zero-order valence-electron chi connectivity index (χ0n) is 27.3. The number of rotatable bonds is 11. The average Bonchev–Trinajstić information content (AvgIpc) is 3.02. The van der Waals surface area contributed by atoms with Gasteiger partial charge in [-0.2, -0.15) is 13.2 Å². The maximum absolute atomic E-state index is 14.0. The lowest BCUT2D eigenvalue weighted by Crippen LogP contribution is -2.53. The molecule has 2 atom stereocenters. The number of nitrogens with zero attached hydrogens (tertiary/aromatic N) is 2. The van der Waals surface area contributed by atoms with E-state index in [1.807, 2.05) is 29.2 Å². The number of carbonyl (C=O) groups excluding carboxylic acids is 1. The number of piperidine rings is 1. The molecule has 0 radical (unpaired) electrons. The van der Waals surface area contributed by atoms with Crippen molar-refractivity contribution in [3.8, 4) is 0 Å². The van der Waals surface area contributed by atoms with Crippen LogP contribution in [0.2, 0.25) is 0 Å². The summed E-state index contributed by atoms with van der Waals surface area (Å²) in [5, 5.41) is 10.9. The maximum atomic E-state index is 14.0. The highest BCUT2D eigenvalue weighted by Crippen LogP contribution is 2.38. The molecular weight excluding hydrogens is 617 g/mol. The molecule has 3 aromatic carbocycles. The molecule has 0 bridgehead atoms. The number of carbonyl (C=O) groups is 2. The van der Waals surface area contributed by atoms with Crippen LogP contribution in [-0.2, 0) is 16.1 Å². The number of aryl methyl sites for hydroxylation is 2. The molecule has 1 saturated heterocycles. The van der Waals surface area contributed by atoms with Gasteiger partial charge in [-0.1, -0.05) is 67.4 Å². The van der Waals surface area contributed by atoms with E-state index >= 15 is 0 Å². The molecule has 47 heavy (non-hydrogen) atoms. The van der Waals surface area contributed by atoms with Gasteiger partial charge in [0.2, 0.25) is 5.91 Å². The average molecular weight is 662 g/mol. The second-order valence-electron chi connectivity index (χ2n) is 11.9.